The molecule has 1 N–H and O–H groups in total. The second-order valence-corrected chi connectivity index (χ2v) is 6.14. The average Bonchev–Trinajstić information content (AvgIpc) is 2.68. The predicted molar refractivity (Wildman–Crippen MR) is 100 cm³/mol. The van der Waals surface area contributed by atoms with Gasteiger partial charge in [0.25, 0.3) is 0 Å². The summed E-state index contributed by atoms with van der Waals surface area (Å²) in [6.07, 6.45) is 0.885. The summed E-state index contributed by atoms with van der Waals surface area (Å²) in [6.45, 7) is 1.95. The highest BCUT2D eigenvalue weighted by Crippen LogP contribution is 2.33. The van der Waals surface area contributed by atoms with Crippen molar-refractivity contribution in [3.63, 3.8) is 0 Å². The highest BCUT2D eigenvalue weighted by atomic mass is 19.1. The molecule has 2 aromatic rings. The number of halogens is 1. The van der Waals surface area contributed by atoms with Crippen LogP contribution in [0, 0.1) is 5.82 Å². The van der Waals surface area contributed by atoms with Crippen molar-refractivity contribution < 1.29 is 13.9 Å². The smallest absolute Gasteiger partial charge is 0.194 e. The standard InChI is InChI=1S/C20H24FN3O2/c1-22-20(23-12-15-6-4-5-7-17(15)21)24-9-8-14-10-18(25-2)19(26-3)11-16(14)13-24/h4-7,10-11H,8-9,12-13H2,1-3H3,(H,22,23). The topological polar surface area (TPSA) is 46.1 Å². The fourth-order valence-corrected chi connectivity index (χ4v) is 3.21. The van der Waals surface area contributed by atoms with Gasteiger partial charge in [0, 0.05) is 32.2 Å². The summed E-state index contributed by atoms with van der Waals surface area (Å²) < 4.78 is 24.6. The first kappa shape index (κ1) is 18.0. The van der Waals surface area contributed by atoms with Gasteiger partial charge in [-0.1, -0.05) is 18.2 Å². The Morgan fingerprint density at radius 1 is 1.15 bits per heavy atom. The van der Waals surface area contributed by atoms with Crippen LogP contribution >= 0.6 is 0 Å². The van der Waals surface area contributed by atoms with Crippen LogP contribution in [-0.4, -0.2) is 38.7 Å². The molecule has 1 aliphatic heterocycles. The highest BCUT2D eigenvalue weighted by molar-refractivity contribution is 5.80. The molecule has 0 saturated carbocycles. The van der Waals surface area contributed by atoms with Crippen molar-refractivity contribution in [2.24, 2.45) is 4.99 Å². The zero-order valence-corrected chi connectivity index (χ0v) is 15.4. The molecular weight excluding hydrogens is 333 g/mol. The number of rotatable bonds is 4. The molecule has 1 heterocycles. The van der Waals surface area contributed by atoms with Gasteiger partial charge in [-0.3, -0.25) is 4.99 Å². The molecule has 0 fully saturated rings. The van der Waals surface area contributed by atoms with Crippen molar-refractivity contribution in [1.82, 2.24) is 10.2 Å². The minimum Gasteiger partial charge on any atom is -0.493 e. The molecule has 0 radical (unpaired) electrons. The minimum absolute atomic E-state index is 0.212. The van der Waals surface area contributed by atoms with E-state index in [1.54, 1.807) is 33.4 Å². The van der Waals surface area contributed by atoms with E-state index in [2.05, 4.69) is 15.2 Å². The van der Waals surface area contributed by atoms with Crippen molar-refractivity contribution in [2.45, 2.75) is 19.5 Å². The van der Waals surface area contributed by atoms with Crippen LogP contribution in [0.25, 0.3) is 0 Å². The summed E-state index contributed by atoms with van der Waals surface area (Å²) in [5.74, 6) is 2.02. The summed E-state index contributed by atoms with van der Waals surface area (Å²) in [7, 11) is 5.03. The molecule has 0 bridgehead atoms. The molecule has 0 amide bonds. The number of hydrogen-bond acceptors (Lipinski definition) is 3. The van der Waals surface area contributed by atoms with Gasteiger partial charge in [0.1, 0.15) is 5.82 Å². The SMILES string of the molecule is CN=C(NCc1ccccc1F)N1CCc2cc(OC)c(OC)cc2C1. The summed E-state index contributed by atoms with van der Waals surface area (Å²) in [5, 5.41) is 3.26. The number of guanidine groups is 1. The Kier molecular flexibility index (Phi) is 5.61. The third-order valence-corrected chi connectivity index (χ3v) is 4.62. The number of nitrogens with zero attached hydrogens (tertiary/aromatic N) is 2. The van der Waals surface area contributed by atoms with E-state index in [0.29, 0.717) is 18.7 Å². The summed E-state index contributed by atoms with van der Waals surface area (Å²) in [6, 6.07) is 10.8. The quantitative estimate of drug-likeness (QED) is 0.675. The van der Waals surface area contributed by atoms with Gasteiger partial charge in [0.05, 0.1) is 14.2 Å². The van der Waals surface area contributed by atoms with E-state index < -0.39 is 0 Å². The largest absolute Gasteiger partial charge is 0.493 e. The van der Waals surface area contributed by atoms with Crippen molar-refractivity contribution in [1.29, 1.82) is 0 Å². The molecule has 0 saturated heterocycles. The summed E-state index contributed by atoms with van der Waals surface area (Å²) in [4.78, 5) is 6.52. The maximum Gasteiger partial charge on any atom is 0.194 e. The monoisotopic (exact) mass is 357 g/mol. The van der Waals surface area contributed by atoms with Crippen LogP contribution < -0.4 is 14.8 Å². The van der Waals surface area contributed by atoms with E-state index in [1.807, 2.05) is 18.2 Å². The molecule has 138 valence electrons. The molecular formula is C20H24FN3O2. The molecule has 0 spiro atoms. The molecule has 5 nitrogen and oxygen atoms in total. The minimum atomic E-state index is -0.212. The molecule has 0 aromatic heterocycles. The van der Waals surface area contributed by atoms with Crippen molar-refractivity contribution in [2.75, 3.05) is 27.8 Å². The molecule has 26 heavy (non-hydrogen) atoms. The molecule has 0 aliphatic carbocycles. The number of ether oxygens (including phenoxy) is 2. The second kappa shape index (κ2) is 8.08. The number of benzene rings is 2. The van der Waals surface area contributed by atoms with Crippen LogP contribution in [0.2, 0.25) is 0 Å². The number of hydrogen-bond donors (Lipinski definition) is 1. The summed E-state index contributed by atoms with van der Waals surface area (Å²) in [5.41, 5.74) is 3.06. The van der Waals surface area contributed by atoms with E-state index in [1.165, 1.54) is 17.2 Å². The average molecular weight is 357 g/mol. The molecule has 0 atom stereocenters. The van der Waals surface area contributed by atoms with Crippen molar-refractivity contribution in [3.8, 4) is 11.5 Å². The lowest BCUT2D eigenvalue weighted by Crippen LogP contribution is -2.43. The normalized spacial score (nSPS) is 14.0. The van der Waals surface area contributed by atoms with Crippen LogP contribution in [-0.2, 0) is 19.5 Å². The second-order valence-electron chi connectivity index (χ2n) is 6.14. The lowest BCUT2D eigenvalue weighted by molar-refractivity contribution is 0.346. The van der Waals surface area contributed by atoms with Gasteiger partial charge in [0.2, 0.25) is 0 Å². The van der Waals surface area contributed by atoms with E-state index in [0.717, 1.165) is 30.4 Å². The van der Waals surface area contributed by atoms with E-state index in [9.17, 15) is 4.39 Å². The van der Waals surface area contributed by atoms with Crippen LogP contribution in [0.4, 0.5) is 4.39 Å². The first-order chi connectivity index (χ1) is 12.7. The fourth-order valence-electron chi connectivity index (χ4n) is 3.21. The third kappa shape index (κ3) is 3.74. The number of aliphatic imine (C=N–C) groups is 1. The van der Waals surface area contributed by atoms with Gasteiger partial charge in [-0.15, -0.1) is 0 Å². The predicted octanol–water partition coefficient (Wildman–Crippen LogP) is 2.98. The Hall–Kier alpha value is -2.76. The van der Waals surface area contributed by atoms with E-state index >= 15 is 0 Å². The zero-order valence-electron chi connectivity index (χ0n) is 15.4. The van der Waals surface area contributed by atoms with Crippen LogP contribution in [0.15, 0.2) is 41.4 Å². The first-order valence-electron chi connectivity index (χ1n) is 8.59. The van der Waals surface area contributed by atoms with Crippen molar-refractivity contribution in [3.05, 3.63) is 58.9 Å². The van der Waals surface area contributed by atoms with Gasteiger partial charge in [-0.25, -0.2) is 4.39 Å². The molecule has 2 aromatic carbocycles. The Bertz CT molecular complexity index is 808. The Labute approximate surface area is 153 Å². The maximum absolute atomic E-state index is 13.8. The lowest BCUT2D eigenvalue weighted by atomic mass is 9.99. The van der Waals surface area contributed by atoms with Gasteiger partial charge in [-0.2, -0.15) is 0 Å². The van der Waals surface area contributed by atoms with Gasteiger partial charge >= 0.3 is 0 Å². The van der Waals surface area contributed by atoms with Crippen LogP contribution in [0.3, 0.4) is 0 Å². The number of methoxy groups -OCH3 is 2. The van der Waals surface area contributed by atoms with Crippen LogP contribution in [0.5, 0.6) is 11.5 Å². The molecule has 0 unspecified atom stereocenters. The molecule has 3 rings (SSSR count). The van der Waals surface area contributed by atoms with Gasteiger partial charge in [-0.05, 0) is 35.7 Å². The number of nitrogens with one attached hydrogen (secondary N) is 1. The van der Waals surface area contributed by atoms with E-state index in [-0.39, 0.29) is 5.82 Å². The Morgan fingerprint density at radius 2 is 1.85 bits per heavy atom. The van der Waals surface area contributed by atoms with E-state index in [4.69, 9.17) is 9.47 Å². The molecule has 1 aliphatic rings. The first-order valence-corrected chi connectivity index (χ1v) is 8.59. The Balaban J connectivity index is 1.73. The van der Waals surface area contributed by atoms with Gasteiger partial charge < -0.3 is 19.7 Å². The molecule has 6 heteroatoms. The fraction of sp³-hybridized carbons (Fsp3) is 0.350. The summed E-state index contributed by atoms with van der Waals surface area (Å²) >= 11 is 0. The van der Waals surface area contributed by atoms with Gasteiger partial charge in [0.15, 0.2) is 17.5 Å². The third-order valence-electron chi connectivity index (χ3n) is 4.62. The van der Waals surface area contributed by atoms with Crippen LogP contribution in [0.1, 0.15) is 16.7 Å². The Morgan fingerprint density at radius 3 is 2.50 bits per heavy atom. The maximum atomic E-state index is 13.8. The zero-order chi connectivity index (χ0) is 18.5. The highest BCUT2D eigenvalue weighted by Gasteiger charge is 2.21. The van der Waals surface area contributed by atoms with Crippen molar-refractivity contribution >= 4 is 5.96 Å². The number of fused-ring (bicyclic) bond motifs is 1. The lowest BCUT2D eigenvalue weighted by Gasteiger charge is -2.32.